The Balaban J connectivity index is 0.000000821. The van der Waals surface area contributed by atoms with Crippen molar-refractivity contribution < 1.29 is 37.1 Å². The first-order chi connectivity index (χ1) is 14.6. The van der Waals surface area contributed by atoms with E-state index in [4.69, 9.17) is 4.55 Å². The number of nitrogens with one attached hydrogen (secondary N) is 1. The lowest BCUT2D eigenvalue weighted by atomic mass is 10.1. The summed E-state index contributed by atoms with van der Waals surface area (Å²) in [5.74, 6) is -2.08. The number of halogens is 2. The van der Waals surface area contributed by atoms with Crippen LogP contribution in [0.5, 0.6) is 0 Å². The standard InChI is InChI=1S/C18H22F2N4O3.CH4O3S.H2O/c1-18(2,3)24-9-12(17(26)27)14(25)11-6-13(20)16(22-15(11)24)23-5-4-21-10(7-19)8-23;1-5(2,3)4;/h6,9-10,21H,4-5,7-8H2,1-3H3,(H,26,27);1H3,(H,2,3,4);1H2. The molecule has 0 aliphatic carbocycles. The summed E-state index contributed by atoms with van der Waals surface area (Å²) in [4.78, 5) is 30.0. The van der Waals surface area contributed by atoms with Crippen LogP contribution in [0.4, 0.5) is 14.6 Å². The number of piperazine rings is 1. The van der Waals surface area contributed by atoms with Gasteiger partial charge in [0.1, 0.15) is 17.9 Å². The van der Waals surface area contributed by atoms with Crippen LogP contribution in [0.3, 0.4) is 0 Å². The number of carboxylic acid groups (broad SMARTS) is 1. The minimum absolute atomic E-state index is 0. The molecule has 3 heterocycles. The van der Waals surface area contributed by atoms with Gasteiger partial charge in [-0.3, -0.25) is 9.35 Å². The van der Waals surface area contributed by atoms with Crippen molar-refractivity contribution in [3.8, 4) is 0 Å². The summed E-state index contributed by atoms with van der Waals surface area (Å²) in [6.07, 6.45) is 1.96. The Morgan fingerprint density at radius 2 is 1.94 bits per heavy atom. The number of pyridine rings is 2. The van der Waals surface area contributed by atoms with E-state index in [-0.39, 0.29) is 28.9 Å². The summed E-state index contributed by atoms with van der Waals surface area (Å²) in [5, 5.41) is 12.2. The average molecular weight is 495 g/mol. The summed E-state index contributed by atoms with van der Waals surface area (Å²) in [5.41, 5.74) is -1.61. The van der Waals surface area contributed by atoms with Crippen molar-refractivity contribution in [1.82, 2.24) is 14.9 Å². The molecule has 1 fully saturated rings. The predicted octanol–water partition coefficient (Wildman–Crippen LogP) is 0.416. The van der Waals surface area contributed by atoms with E-state index >= 15 is 0 Å². The number of alkyl halides is 1. The number of aromatic carboxylic acids is 1. The second kappa shape index (κ2) is 10.5. The van der Waals surface area contributed by atoms with Gasteiger partial charge in [-0.05, 0) is 26.8 Å². The second-order valence-corrected chi connectivity index (χ2v) is 9.83. The fourth-order valence-electron chi connectivity index (χ4n) is 3.22. The van der Waals surface area contributed by atoms with Crippen molar-refractivity contribution in [2.45, 2.75) is 32.4 Å². The highest BCUT2D eigenvalue weighted by atomic mass is 32.2. The van der Waals surface area contributed by atoms with Gasteiger partial charge in [-0.2, -0.15) is 8.42 Å². The van der Waals surface area contributed by atoms with Gasteiger partial charge in [0.15, 0.2) is 11.6 Å². The first kappa shape index (κ1) is 28.4. The van der Waals surface area contributed by atoms with Crippen molar-refractivity contribution >= 4 is 32.9 Å². The van der Waals surface area contributed by atoms with Crippen LogP contribution < -0.4 is 15.6 Å². The Hall–Kier alpha value is -2.68. The number of rotatable bonds is 3. The fraction of sp³-hybridized carbons (Fsp3) is 0.526. The lowest BCUT2D eigenvalue weighted by Crippen LogP contribution is -2.52. The molecule has 1 aliphatic rings. The first-order valence-corrected chi connectivity index (χ1v) is 11.4. The number of nitrogens with zero attached hydrogens (tertiary/aromatic N) is 3. The Morgan fingerprint density at radius 1 is 1.36 bits per heavy atom. The highest BCUT2D eigenvalue weighted by Gasteiger charge is 2.27. The smallest absolute Gasteiger partial charge is 0.341 e. The number of carboxylic acids is 1. The predicted molar refractivity (Wildman–Crippen MR) is 119 cm³/mol. The van der Waals surface area contributed by atoms with Gasteiger partial charge in [0, 0.05) is 31.4 Å². The molecule has 2 aromatic rings. The average Bonchev–Trinajstić information content (AvgIpc) is 2.65. The van der Waals surface area contributed by atoms with E-state index in [9.17, 15) is 31.9 Å². The molecule has 3 rings (SSSR count). The number of anilines is 1. The van der Waals surface area contributed by atoms with Gasteiger partial charge < -0.3 is 25.4 Å². The number of fused-ring (bicyclic) bond motifs is 1. The zero-order valence-corrected chi connectivity index (χ0v) is 19.4. The van der Waals surface area contributed by atoms with Gasteiger partial charge in [0.05, 0.1) is 17.7 Å². The zero-order valence-electron chi connectivity index (χ0n) is 18.6. The number of hydrogen-bond donors (Lipinski definition) is 3. The van der Waals surface area contributed by atoms with E-state index in [0.29, 0.717) is 19.3 Å². The molecular formula is C19H28F2N4O7S. The van der Waals surface area contributed by atoms with Gasteiger partial charge in [0.2, 0.25) is 5.43 Å². The van der Waals surface area contributed by atoms with Crippen LogP contribution >= 0.6 is 0 Å². The van der Waals surface area contributed by atoms with Crippen molar-refractivity contribution in [3.63, 3.8) is 0 Å². The molecule has 2 aromatic heterocycles. The lowest BCUT2D eigenvalue weighted by molar-refractivity contribution is 0.0694. The van der Waals surface area contributed by atoms with Crippen LogP contribution in [-0.4, -0.2) is 77.7 Å². The molecule has 5 N–H and O–H groups in total. The molecule has 11 nitrogen and oxygen atoms in total. The molecular weight excluding hydrogens is 466 g/mol. The van der Waals surface area contributed by atoms with Gasteiger partial charge in [-0.1, -0.05) is 0 Å². The monoisotopic (exact) mass is 494 g/mol. The summed E-state index contributed by atoms with van der Waals surface area (Å²) in [6.45, 7) is 6.08. The second-order valence-electron chi connectivity index (χ2n) is 8.37. The maximum atomic E-state index is 14.8. The van der Waals surface area contributed by atoms with E-state index in [2.05, 4.69) is 10.3 Å². The van der Waals surface area contributed by atoms with Crippen molar-refractivity contribution in [2.75, 3.05) is 37.5 Å². The molecule has 0 aromatic carbocycles. The van der Waals surface area contributed by atoms with Gasteiger partial charge in [0.25, 0.3) is 10.1 Å². The molecule has 0 amide bonds. The van der Waals surface area contributed by atoms with E-state index in [1.807, 2.05) is 20.8 Å². The van der Waals surface area contributed by atoms with Crippen LogP contribution in [-0.2, 0) is 15.7 Å². The third-order valence-corrected chi connectivity index (χ3v) is 4.61. The lowest BCUT2D eigenvalue weighted by Gasteiger charge is -2.34. The Bertz CT molecular complexity index is 1170. The molecule has 1 aliphatic heterocycles. The van der Waals surface area contributed by atoms with Crippen molar-refractivity contribution in [2.24, 2.45) is 0 Å². The number of aromatic nitrogens is 2. The minimum atomic E-state index is -3.67. The summed E-state index contributed by atoms with van der Waals surface area (Å²) in [6, 6.07) is 0.607. The van der Waals surface area contributed by atoms with Gasteiger partial charge in [-0.15, -0.1) is 0 Å². The maximum Gasteiger partial charge on any atom is 0.341 e. The zero-order chi connectivity index (χ0) is 24.4. The highest BCUT2D eigenvalue weighted by Crippen LogP contribution is 2.26. The maximum absolute atomic E-state index is 14.8. The summed E-state index contributed by atoms with van der Waals surface area (Å²) < 4.78 is 55.2. The number of hydrogen-bond acceptors (Lipinski definition) is 7. The van der Waals surface area contributed by atoms with Crippen LogP contribution in [0.2, 0.25) is 0 Å². The van der Waals surface area contributed by atoms with Crippen LogP contribution in [0.1, 0.15) is 31.1 Å². The number of carbonyl (C=O) groups is 1. The topological polar surface area (TPSA) is 173 Å². The molecule has 1 unspecified atom stereocenters. The molecule has 186 valence electrons. The van der Waals surface area contributed by atoms with Gasteiger partial charge in [-0.25, -0.2) is 18.6 Å². The van der Waals surface area contributed by atoms with E-state index in [1.165, 1.54) is 6.20 Å². The first-order valence-electron chi connectivity index (χ1n) is 9.60. The quantitative estimate of drug-likeness (QED) is 0.511. The molecule has 0 radical (unpaired) electrons. The van der Waals surface area contributed by atoms with Crippen molar-refractivity contribution in [3.05, 3.63) is 33.9 Å². The largest absolute Gasteiger partial charge is 0.477 e. The van der Waals surface area contributed by atoms with Crippen molar-refractivity contribution in [1.29, 1.82) is 0 Å². The fourth-order valence-corrected chi connectivity index (χ4v) is 3.22. The SMILES string of the molecule is CC(C)(C)n1cc(C(=O)O)c(=O)c2cc(F)c(N3CCNC(CF)C3)nc21.CS(=O)(=O)O.O. The van der Waals surface area contributed by atoms with Crippen LogP contribution in [0.15, 0.2) is 17.1 Å². The van der Waals surface area contributed by atoms with E-state index in [1.54, 1.807) is 9.47 Å². The third kappa shape index (κ3) is 7.15. The summed E-state index contributed by atoms with van der Waals surface area (Å²) >= 11 is 0. The molecule has 0 saturated carbocycles. The normalized spacial score (nSPS) is 16.6. The molecule has 14 heteroatoms. The van der Waals surface area contributed by atoms with Crippen LogP contribution in [0.25, 0.3) is 11.0 Å². The van der Waals surface area contributed by atoms with Gasteiger partial charge >= 0.3 is 5.97 Å². The Labute approximate surface area is 189 Å². The molecule has 1 atom stereocenters. The summed E-state index contributed by atoms with van der Waals surface area (Å²) in [7, 11) is -3.67. The van der Waals surface area contributed by atoms with E-state index < -0.39 is 51.2 Å². The molecule has 0 bridgehead atoms. The highest BCUT2D eigenvalue weighted by molar-refractivity contribution is 7.85. The minimum Gasteiger partial charge on any atom is -0.477 e. The Kier molecular flexibility index (Phi) is 9.02. The molecule has 33 heavy (non-hydrogen) atoms. The molecule has 0 spiro atoms. The third-order valence-electron chi connectivity index (χ3n) is 4.61. The Morgan fingerprint density at radius 3 is 2.42 bits per heavy atom. The van der Waals surface area contributed by atoms with Crippen LogP contribution in [0, 0.1) is 5.82 Å². The van der Waals surface area contributed by atoms with E-state index in [0.717, 1.165) is 6.07 Å². The molecule has 1 saturated heterocycles.